The summed E-state index contributed by atoms with van der Waals surface area (Å²) in [5, 5.41) is 10.1. The minimum atomic E-state index is -4.70. The van der Waals surface area contributed by atoms with Gasteiger partial charge < -0.3 is 9.67 Å². The number of rotatable bonds is 4. The second-order valence-electron chi connectivity index (χ2n) is 6.08. The number of carboxylic acid groups (broad SMARTS) is 1. The van der Waals surface area contributed by atoms with Crippen LogP contribution in [0.3, 0.4) is 0 Å². The fourth-order valence-electron chi connectivity index (χ4n) is 3.23. The van der Waals surface area contributed by atoms with Crippen molar-refractivity contribution in [1.29, 1.82) is 0 Å². The van der Waals surface area contributed by atoms with Gasteiger partial charge >= 0.3 is 12.1 Å². The molecule has 3 aromatic rings. The van der Waals surface area contributed by atoms with Gasteiger partial charge in [0.2, 0.25) is 0 Å². The molecule has 1 heterocycles. The van der Waals surface area contributed by atoms with E-state index in [-0.39, 0.29) is 17.7 Å². The average Bonchev–Trinajstić information content (AvgIpc) is 2.89. The summed E-state index contributed by atoms with van der Waals surface area (Å²) in [5.74, 6) is -1.42. The largest absolute Gasteiger partial charge is 0.477 e. The van der Waals surface area contributed by atoms with Gasteiger partial charge in [-0.2, -0.15) is 13.2 Å². The molecule has 0 unspecified atom stereocenters. The summed E-state index contributed by atoms with van der Waals surface area (Å²) in [7, 11) is 0. The fourth-order valence-corrected chi connectivity index (χ4v) is 3.35. The van der Waals surface area contributed by atoms with Gasteiger partial charge in [-0.1, -0.05) is 54.1 Å². The molecule has 1 aromatic heterocycles. The number of aromatic carboxylic acids is 1. The molecule has 7 heteroatoms. The Hall–Kier alpha value is -2.73. The lowest BCUT2D eigenvalue weighted by Gasteiger charge is -2.15. The van der Waals surface area contributed by atoms with E-state index in [1.807, 2.05) is 0 Å². The van der Waals surface area contributed by atoms with E-state index in [1.165, 1.54) is 31.2 Å². The van der Waals surface area contributed by atoms with E-state index in [2.05, 4.69) is 0 Å². The van der Waals surface area contributed by atoms with Crippen molar-refractivity contribution >= 4 is 17.6 Å². The summed E-state index contributed by atoms with van der Waals surface area (Å²) < 4.78 is 42.3. The van der Waals surface area contributed by atoms with E-state index in [4.69, 9.17) is 11.6 Å². The number of halogens is 4. The molecule has 0 bridgehead atoms. The Morgan fingerprint density at radius 1 is 1.07 bits per heavy atom. The van der Waals surface area contributed by atoms with Crippen LogP contribution in [0.5, 0.6) is 0 Å². The van der Waals surface area contributed by atoms with Gasteiger partial charge in [-0.25, -0.2) is 4.79 Å². The Kier molecular flexibility index (Phi) is 5.02. The highest BCUT2D eigenvalue weighted by Crippen LogP contribution is 2.41. The molecule has 0 atom stereocenters. The van der Waals surface area contributed by atoms with Crippen molar-refractivity contribution in [2.24, 2.45) is 0 Å². The molecule has 2 aromatic carbocycles. The molecule has 0 radical (unpaired) electrons. The third kappa shape index (κ3) is 3.71. The molecular weight excluding hydrogens is 379 g/mol. The summed E-state index contributed by atoms with van der Waals surface area (Å²) in [5.41, 5.74) is -0.505. The first kappa shape index (κ1) is 19.0. The van der Waals surface area contributed by atoms with Crippen LogP contribution in [0.25, 0.3) is 11.1 Å². The fraction of sp³-hybridized carbons (Fsp3) is 0.150. The normalized spacial score (nSPS) is 11.6. The molecule has 0 aliphatic heterocycles. The first-order valence-corrected chi connectivity index (χ1v) is 8.41. The summed E-state index contributed by atoms with van der Waals surface area (Å²) in [6.45, 7) is 1.09. The van der Waals surface area contributed by atoms with E-state index in [0.29, 0.717) is 16.1 Å². The molecule has 0 spiro atoms. The molecule has 0 aliphatic rings. The zero-order valence-electron chi connectivity index (χ0n) is 14.2. The predicted octanol–water partition coefficient (Wildman–Crippen LogP) is 5.88. The van der Waals surface area contributed by atoms with Crippen LogP contribution in [-0.2, 0) is 12.7 Å². The minimum absolute atomic E-state index is 0.0439. The van der Waals surface area contributed by atoms with E-state index in [1.54, 1.807) is 30.3 Å². The predicted molar refractivity (Wildman–Crippen MR) is 97.1 cm³/mol. The topological polar surface area (TPSA) is 42.2 Å². The molecule has 1 N–H and O–H groups in total. The Morgan fingerprint density at radius 3 is 2.19 bits per heavy atom. The van der Waals surface area contributed by atoms with Gasteiger partial charge in [-0.15, -0.1) is 0 Å². The second-order valence-corrected chi connectivity index (χ2v) is 6.52. The van der Waals surface area contributed by atoms with Crippen LogP contribution in [0.4, 0.5) is 13.2 Å². The molecule has 27 heavy (non-hydrogen) atoms. The van der Waals surface area contributed by atoms with Crippen LogP contribution in [0.1, 0.15) is 27.3 Å². The molecule has 0 fully saturated rings. The summed E-state index contributed by atoms with van der Waals surface area (Å²) in [4.78, 5) is 12.0. The number of benzene rings is 2. The minimum Gasteiger partial charge on any atom is -0.477 e. The van der Waals surface area contributed by atoms with Gasteiger partial charge in [0.1, 0.15) is 11.4 Å². The zero-order valence-corrected chi connectivity index (χ0v) is 15.0. The van der Waals surface area contributed by atoms with Crippen molar-refractivity contribution in [3.05, 3.63) is 82.1 Å². The molecule has 0 aliphatic carbocycles. The van der Waals surface area contributed by atoms with E-state index in [0.717, 1.165) is 4.57 Å². The second kappa shape index (κ2) is 7.12. The lowest BCUT2D eigenvalue weighted by molar-refractivity contribution is -0.143. The summed E-state index contributed by atoms with van der Waals surface area (Å²) in [6.07, 6.45) is -4.70. The Morgan fingerprint density at radius 2 is 1.67 bits per heavy atom. The average molecular weight is 394 g/mol. The van der Waals surface area contributed by atoms with Crippen molar-refractivity contribution in [3.63, 3.8) is 0 Å². The highest BCUT2D eigenvalue weighted by molar-refractivity contribution is 6.30. The third-order valence-corrected chi connectivity index (χ3v) is 4.55. The van der Waals surface area contributed by atoms with Crippen molar-refractivity contribution in [2.75, 3.05) is 0 Å². The SMILES string of the molecule is Cc1c(-c2ccc(Cl)cc2)c(C(=O)O)n(Cc2ccccc2)c1C(F)(F)F. The molecule has 3 nitrogen and oxygen atoms in total. The number of carbonyl (C=O) groups is 1. The quantitative estimate of drug-likeness (QED) is 0.601. The van der Waals surface area contributed by atoms with Gasteiger partial charge in [-0.3, -0.25) is 0 Å². The van der Waals surface area contributed by atoms with Crippen molar-refractivity contribution in [1.82, 2.24) is 4.57 Å². The van der Waals surface area contributed by atoms with Crippen LogP contribution in [0, 0.1) is 6.92 Å². The summed E-state index contributed by atoms with van der Waals surface area (Å²) in [6, 6.07) is 14.5. The number of hydrogen-bond acceptors (Lipinski definition) is 1. The molecule has 3 rings (SSSR count). The Balaban J connectivity index is 2.31. The van der Waals surface area contributed by atoms with E-state index < -0.39 is 23.5 Å². The molecule has 0 saturated heterocycles. The van der Waals surface area contributed by atoms with Gasteiger partial charge in [0.15, 0.2) is 0 Å². The molecule has 0 amide bonds. The van der Waals surface area contributed by atoms with Crippen molar-refractivity contribution in [2.45, 2.75) is 19.6 Å². The van der Waals surface area contributed by atoms with Gasteiger partial charge in [0, 0.05) is 17.1 Å². The van der Waals surface area contributed by atoms with Gasteiger partial charge in [-0.05, 0) is 35.7 Å². The lowest BCUT2D eigenvalue weighted by atomic mass is 10.0. The van der Waals surface area contributed by atoms with Crippen LogP contribution in [-0.4, -0.2) is 15.6 Å². The smallest absolute Gasteiger partial charge is 0.431 e. The monoisotopic (exact) mass is 393 g/mol. The highest BCUT2D eigenvalue weighted by atomic mass is 35.5. The number of carboxylic acids is 1. The maximum atomic E-state index is 13.8. The van der Waals surface area contributed by atoms with Crippen molar-refractivity contribution in [3.8, 4) is 11.1 Å². The highest BCUT2D eigenvalue weighted by Gasteiger charge is 2.41. The van der Waals surface area contributed by atoms with Gasteiger partial charge in [0.05, 0.1) is 0 Å². The van der Waals surface area contributed by atoms with Gasteiger partial charge in [0.25, 0.3) is 0 Å². The standard InChI is InChI=1S/C20H15ClF3NO2/c1-12-16(14-7-9-15(21)10-8-14)17(19(26)27)25(18(12)20(22,23)24)11-13-5-3-2-4-6-13/h2-10H,11H2,1H3,(H,26,27). The van der Waals surface area contributed by atoms with Crippen molar-refractivity contribution < 1.29 is 23.1 Å². The van der Waals surface area contributed by atoms with E-state index >= 15 is 0 Å². The third-order valence-electron chi connectivity index (χ3n) is 4.29. The number of alkyl halides is 3. The maximum Gasteiger partial charge on any atom is 0.431 e. The van der Waals surface area contributed by atoms with Crippen LogP contribution >= 0.6 is 11.6 Å². The molecule has 140 valence electrons. The molecular formula is C20H15ClF3NO2. The number of aromatic nitrogens is 1. The maximum absolute atomic E-state index is 13.8. The first-order valence-electron chi connectivity index (χ1n) is 8.03. The lowest BCUT2D eigenvalue weighted by Crippen LogP contribution is -2.19. The Bertz CT molecular complexity index is 977. The van der Waals surface area contributed by atoms with E-state index in [9.17, 15) is 23.1 Å². The van der Waals surface area contributed by atoms with Crippen LogP contribution in [0.2, 0.25) is 5.02 Å². The number of nitrogens with zero attached hydrogens (tertiary/aromatic N) is 1. The first-order chi connectivity index (χ1) is 12.7. The molecule has 0 saturated carbocycles. The zero-order chi connectivity index (χ0) is 19.8. The Labute approximate surface area is 158 Å². The number of hydrogen-bond donors (Lipinski definition) is 1. The van der Waals surface area contributed by atoms with Crippen LogP contribution in [0.15, 0.2) is 54.6 Å². The summed E-state index contributed by atoms with van der Waals surface area (Å²) >= 11 is 5.86. The van der Waals surface area contributed by atoms with Crippen LogP contribution < -0.4 is 0 Å².